The van der Waals surface area contributed by atoms with Gasteiger partial charge in [0, 0.05) is 29.1 Å². The van der Waals surface area contributed by atoms with E-state index in [1.165, 1.54) is 6.07 Å². The smallest absolute Gasteiger partial charge is 0.268 e. The number of fused-ring (bicyclic) bond motifs is 1. The Hall–Kier alpha value is -4.83. The van der Waals surface area contributed by atoms with Crippen LogP contribution in [0.2, 0.25) is 0 Å². The number of carbonyl (C=O) groups is 1. The molecule has 1 aromatic heterocycles. The molecule has 1 heterocycles. The highest BCUT2D eigenvalue weighted by molar-refractivity contribution is 5.98. The van der Waals surface area contributed by atoms with Crippen molar-refractivity contribution in [1.29, 1.82) is 0 Å². The van der Waals surface area contributed by atoms with E-state index in [0.29, 0.717) is 47.9 Å². The largest absolute Gasteiger partial charge is 0.508 e. The number of hydrogen-bond donors (Lipinski definition) is 6. The number of rotatable bonds is 14. The van der Waals surface area contributed by atoms with Gasteiger partial charge in [0.2, 0.25) is 0 Å². The average Bonchev–Trinajstić information content (AvgIpc) is 3.49. The normalized spacial score (nSPS) is 12.5. The quantitative estimate of drug-likeness (QED) is 0.103. The number of H-pyrrole nitrogens is 1. The fraction of sp³-hybridized carbons (Fsp3) is 0.250. The summed E-state index contributed by atoms with van der Waals surface area (Å²) in [5.41, 5.74) is 5.20. The van der Waals surface area contributed by atoms with Gasteiger partial charge in [0.25, 0.3) is 5.91 Å². The van der Waals surface area contributed by atoms with E-state index in [2.05, 4.69) is 21.7 Å². The molecule has 9 nitrogen and oxygen atoms in total. The Morgan fingerprint density at radius 2 is 1.73 bits per heavy atom. The standard InChI is InChI=1S/C36H39N3O6/c1-23(37-20-33(42)26-12-14-32(41)28(17-26)21-40)15-25-11-13-30-27(16-25)18-31(39-30)36(43)38-19-29-34(44-2)9-6-10-35(29)45-22-24-7-4-3-5-8-24/h3-14,16-18,23,33,37,39-42H,15,19-22H2,1-2H3,(H,38,43)/t23-,33-/m1/s1. The van der Waals surface area contributed by atoms with Gasteiger partial charge in [-0.05, 0) is 72.5 Å². The number of carbonyl (C=O) groups excluding carboxylic acids is 1. The van der Waals surface area contributed by atoms with E-state index in [4.69, 9.17) is 9.47 Å². The maximum atomic E-state index is 13.2. The van der Waals surface area contributed by atoms with Gasteiger partial charge >= 0.3 is 0 Å². The van der Waals surface area contributed by atoms with Gasteiger partial charge in [0.05, 0.1) is 31.9 Å². The molecule has 0 saturated heterocycles. The van der Waals surface area contributed by atoms with E-state index >= 15 is 0 Å². The van der Waals surface area contributed by atoms with Crippen molar-refractivity contribution in [3.63, 3.8) is 0 Å². The van der Waals surface area contributed by atoms with E-state index in [1.54, 1.807) is 19.2 Å². The summed E-state index contributed by atoms with van der Waals surface area (Å²) in [5.74, 6) is 1.05. The van der Waals surface area contributed by atoms with Crippen LogP contribution in [0, 0.1) is 0 Å². The second-order valence-corrected chi connectivity index (χ2v) is 11.1. The zero-order chi connectivity index (χ0) is 31.8. The molecule has 0 bridgehead atoms. The maximum Gasteiger partial charge on any atom is 0.268 e. The lowest BCUT2D eigenvalue weighted by atomic mass is 10.0. The SMILES string of the molecule is COc1cccc(OCc2ccccc2)c1CNC(=O)c1cc2cc(C[C@@H](C)NC[C@@H](O)c3ccc(O)c(CO)c3)ccc2[nH]1. The van der Waals surface area contributed by atoms with Gasteiger partial charge in [0.15, 0.2) is 0 Å². The Morgan fingerprint density at radius 1 is 0.933 bits per heavy atom. The van der Waals surface area contributed by atoms with Crippen LogP contribution >= 0.6 is 0 Å². The van der Waals surface area contributed by atoms with Crippen molar-refractivity contribution in [2.45, 2.75) is 45.2 Å². The first kappa shape index (κ1) is 31.6. The maximum absolute atomic E-state index is 13.2. The molecule has 0 aliphatic carbocycles. The summed E-state index contributed by atoms with van der Waals surface area (Å²) < 4.78 is 11.6. The zero-order valence-corrected chi connectivity index (χ0v) is 25.4. The molecule has 0 fully saturated rings. The first-order valence-corrected chi connectivity index (χ1v) is 14.9. The van der Waals surface area contributed by atoms with Gasteiger partial charge in [-0.25, -0.2) is 0 Å². The predicted molar refractivity (Wildman–Crippen MR) is 173 cm³/mol. The highest BCUT2D eigenvalue weighted by atomic mass is 16.5. The van der Waals surface area contributed by atoms with Gasteiger partial charge in [-0.1, -0.05) is 48.5 Å². The van der Waals surface area contributed by atoms with Crippen molar-refractivity contribution in [3.8, 4) is 17.2 Å². The number of methoxy groups -OCH3 is 1. The second kappa shape index (κ2) is 14.8. The molecule has 5 rings (SSSR count). The Bertz CT molecular complexity index is 1740. The molecule has 45 heavy (non-hydrogen) atoms. The van der Waals surface area contributed by atoms with Crippen LogP contribution in [0.25, 0.3) is 10.9 Å². The molecule has 6 N–H and O–H groups in total. The topological polar surface area (TPSA) is 136 Å². The average molecular weight is 610 g/mol. The third-order valence-corrected chi connectivity index (χ3v) is 7.76. The zero-order valence-electron chi connectivity index (χ0n) is 25.4. The van der Waals surface area contributed by atoms with Crippen molar-refractivity contribution in [3.05, 3.63) is 125 Å². The first-order chi connectivity index (χ1) is 21.8. The van der Waals surface area contributed by atoms with Crippen molar-refractivity contribution < 1.29 is 29.6 Å². The summed E-state index contributed by atoms with van der Waals surface area (Å²) in [5, 5.41) is 37.0. The summed E-state index contributed by atoms with van der Waals surface area (Å²) in [6, 6.07) is 28.1. The minimum Gasteiger partial charge on any atom is -0.508 e. The van der Waals surface area contributed by atoms with E-state index in [0.717, 1.165) is 27.6 Å². The molecule has 9 heteroatoms. The minimum absolute atomic E-state index is 0.00487. The van der Waals surface area contributed by atoms with Gasteiger partial charge < -0.3 is 40.4 Å². The molecule has 0 saturated carbocycles. The van der Waals surface area contributed by atoms with Crippen molar-refractivity contribution in [1.82, 2.24) is 15.6 Å². The molecule has 5 aromatic rings. The van der Waals surface area contributed by atoms with Crippen molar-refractivity contribution in [2.24, 2.45) is 0 Å². The summed E-state index contributed by atoms with van der Waals surface area (Å²) >= 11 is 0. The molecule has 4 aromatic carbocycles. The van der Waals surface area contributed by atoms with Crippen LogP contribution in [0.3, 0.4) is 0 Å². The number of aromatic nitrogens is 1. The highest BCUT2D eigenvalue weighted by Crippen LogP contribution is 2.29. The minimum atomic E-state index is -0.783. The molecular formula is C36H39N3O6. The lowest BCUT2D eigenvalue weighted by Crippen LogP contribution is -2.32. The van der Waals surface area contributed by atoms with Gasteiger partial charge in [0.1, 0.15) is 29.5 Å². The molecule has 0 aliphatic rings. The number of amides is 1. The lowest BCUT2D eigenvalue weighted by Gasteiger charge is -2.18. The number of aliphatic hydroxyl groups excluding tert-OH is 2. The monoisotopic (exact) mass is 609 g/mol. The number of phenols is 1. The number of benzene rings is 4. The van der Waals surface area contributed by atoms with Crippen LogP contribution in [0.15, 0.2) is 91.0 Å². The second-order valence-electron chi connectivity index (χ2n) is 11.1. The van der Waals surface area contributed by atoms with Crippen LogP contribution in [-0.4, -0.2) is 45.9 Å². The molecule has 2 atom stereocenters. The molecule has 0 aliphatic heterocycles. The Labute approximate surface area is 262 Å². The van der Waals surface area contributed by atoms with E-state index in [1.807, 2.05) is 73.7 Å². The Balaban J connectivity index is 1.18. The van der Waals surface area contributed by atoms with Crippen LogP contribution in [0.1, 0.15) is 51.3 Å². The van der Waals surface area contributed by atoms with E-state index in [9.17, 15) is 20.1 Å². The lowest BCUT2D eigenvalue weighted by molar-refractivity contribution is 0.0946. The van der Waals surface area contributed by atoms with Gasteiger partial charge in [-0.3, -0.25) is 4.79 Å². The fourth-order valence-electron chi connectivity index (χ4n) is 5.27. The number of nitrogens with one attached hydrogen (secondary N) is 3. The van der Waals surface area contributed by atoms with Crippen molar-refractivity contribution in [2.75, 3.05) is 13.7 Å². The molecule has 0 spiro atoms. The Morgan fingerprint density at radius 3 is 2.51 bits per heavy atom. The van der Waals surface area contributed by atoms with Crippen molar-refractivity contribution >= 4 is 16.8 Å². The Kier molecular flexibility index (Phi) is 10.4. The number of aromatic hydroxyl groups is 1. The van der Waals surface area contributed by atoms with Crippen LogP contribution in [-0.2, 0) is 26.2 Å². The van der Waals surface area contributed by atoms with Gasteiger partial charge in [-0.2, -0.15) is 0 Å². The number of aliphatic hydroxyl groups is 2. The van der Waals surface area contributed by atoms with E-state index in [-0.39, 0.29) is 30.9 Å². The molecule has 234 valence electrons. The third-order valence-electron chi connectivity index (χ3n) is 7.76. The fourth-order valence-corrected chi connectivity index (χ4v) is 5.27. The van der Waals surface area contributed by atoms with Crippen LogP contribution in [0.5, 0.6) is 17.2 Å². The molecule has 0 unspecified atom stereocenters. The molecule has 1 amide bonds. The summed E-state index contributed by atoms with van der Waals surface area (Å²) in [6.07, 6.45) is -0.0687. The summed E-state index contributed by atoms with van der Waals surface area (Å²) in [4.78, 5) is 16.4. The molecular weight excluding hydrogens is 570 g/mol. The van der Waals surface area contributed by atoms with Crippen LogP contribution in [0.4, 0.5) is 0 Å². The molecule has 0 radical (unpaired) electrons. The third kappa shape index (κ3) is 8.02. The number of hydrogen-bond acceptors (Lipinski definition) is 7. The predicted octanol–water partition coefficient (Wildman–Crippen LogP) is 5.14. The van der Waals surface area contributed by atoms with Crippen LogP contribution < -0.4 is 20.1 Å². The highest BCUT2D eigenvalue weighted by Gasteiger charge is 2.16. The summed E-state index contributed by atoms with van der Waals surface area (Å²) in [6.45, 7) is 2.69. The first-order valence-electron chi connectivity index (χ1n) is 14.9. The number of ether oxygens (including phenoxy) is 2. The van der Waals surface area contributed by atoms with Gasteiger partial charge in [-0.15, -0.1) is 0 Å². The number of aromatic amines is 1. The van der Waals surface area contributed by atoms with E-state index < -0.39 is 6.10 Å². The summed E-state index contributed by atoms with van der Waals surface area (Å²) in [7, 11) is 1.60.